The summed E-state index contributed by atoms with van der Waals surface area (Å²) in [6.07, 6.45) is 0.484. The number of fused-ring (bicyclic) bond motifs is 1. The minimum absolute atomic E-state index is 0.218. The van der Waals surface area contributed by atoms with Crippen molar-refractivity contribution in [2.45, 2.75) is 18.4 Å². The fourth-order valence-corrected chi connectivity index (χ4v) is 2.44. The molecule has 0 spiro atoms. The van der Waals surface area contributed by atoms with Crippen molar-refractivity contribution in [3.63, 3.8) is 0 Å². The van der Waals surface area contributed by atoms with Crippen LogP contribution in [-0.2, 0) is 6.42 Å². The van der Waals surface area contributed by atoms with E-state index in [2.05, 4.69) is 0 Å². The SMILES string of the molecule is CCSc1cc(=O)c2cc(F)cc(CCN)c2o1. The lowest BCUT2D eigenvalue weighted by atomic mass is 10.1. The maximum Gasteiger partial charge on any atom is 0.193 e. The van der Waals surface area contributed by atoms with E-state index < -0.39 is 5.82 Å². The fourth-order valence-electron chi connectivity index (χ4n) is 1.82. The van der Waals surface area contributed by atoms with Gasteiger partial charge in [0.2, 0.25) is 0 Å². The molecule has 0 aliphatic carbocycles. The number of hydrogen-bond acceptors (Lipinski definition) is 4. The molecule has 0 unspecified atom stereocenters. The van der Waals surface area contributed by atoms with Gasteiger partial charge in [0.1, 0.15) is 11.4 Å². The molecule has 0 aliphatic rings. The van der Waals surface area contributed by atoms with Crippen LogP contribution >= 0.6 is 11.8 Å². The summed E-state index contributed by atoms with van der Waals surface area (Å²) in [5.41, 5.74) is 6.36. The second kappa shape index (κ2) is 5.54. The van der Waals surface area contributed by atoms with Crippen LogP contribution in [0.25, 0.3) is 11.0 Å². The van der Waals surface area contributed by atoms with Gasteiger partial charge in [0.25, 0.3) is 0 Å². The molecule has 0 radical (unpaired) electrons. The summed E-state index contributed by atoms with van der Waals surface area (Å²) in [5.74, 6) is 0.371. The summed E-state index contributed by atoms with van der Waals surface area (Å²) < 4.78 is 19.1. The van der Waals surface area contributed by atoms with Gasteiger partial charge in [0.05, 0.1) is 5.39 Å². The minimum atomic E-state index is -0.436. The van der Waals surface area contributed by atoms with Gasteiger partial charge in [0, 0.05) is 6.07 Å². The van der Waals surface area contributed by atoms with Crippen molar-refractivity contribution >= 4 is 22.7 Å². The zero-order chi connectivity index (χ0) is 13.1. The molecule has 0 bridgehead atoms. The first kappa shape index (κ1) is 13.1. The molecule has 2 N–H and O–H groups in total. The zero-order valence-corrected chi connectivity index (χ0v) is 10.8. The van der Waals surface area contributed by atoms with Gasteiger partial charge in [-0.3, -0.25) is 4.79 Å². The first-order valence-electron chi connectivity index (χ1n) is 5.75. The van der Waals surface area contributed by atoms with Crippen LogP contribution < -0.4 is 11.2 Å². The van der Waals surface area contributed by atoms with Crippen LogP contribution in [0.1, 0.15) is 12.5 Å². The molecule has 1 heterocycles. The Labute approximate surface area is 108 Å². The lowest BCUT2D eigenvalue weighted by molar-refractivity contribution is 0.495. The van der Waals surface area contributed by atoms with Crippen molar-refractivity contribution in [2.24, 2.45) is 5.73 Å². The van der Waals surface area contributed by atoms with Gasteiger partial charge in [-0.25, -0.2) is 4.39 Å². The standard InChI is InChI=1S/C13H14FNO2S/c1-2-18-12-7-11(16)10-6-9(14)5-8(3-4-15)13(10)17-12/h5-7H,2-4,15H2,1H3. The number of thioether (sulfide) groups is 1. The maximum atomic E-state index is 13.4. The largest absolute Gasteiger partial charge is 0.449 e. The van der Waals surface area contributed by atoms with E-state index in [4.69, 9.17) is 10.2 Å². The molecule has 5 heteroatoms. The maximum absolute atomic E-state index is 13.4. The Balaban J connectivity index is 2.71. The summed E-state index contributed by atoms with van der Waals surface area (Å²) in [7, 11) is 0. The number of benzene rings is 1. The van der Waals surface area contributed by atoms with Gasteiger partial charge in [-0.2, -0.15) is 0 Å². The molecular formula is C13H14FNO2S. The van der Waals surface area contributed by atoms with Crippen LogP contribution in [0, 0.1) is 5.82 Å². The van der Waals surface area contributed by atoms with E-state index in [-0.39, 0.29) is 10.8 Å². The minimum Gasteiger partial charge on any atom is -0.449 e. The molecule has 2 rings (SSSR count). The highest BCUT2D eigenvalue weighted by Crippen LogP contribution is 2.24. The van der Waals surface area contributed by atoms with E-state index in [1.165, 1.54) is 30.0 Å². The van der Waals surface area contributed by atoms with E-state index >= 15 is 0 Å². The average Bonchev–Trinajstić information content (AvgIpc) is 2.31. The molecule has 3 nitrogen and oxygen atoms in total. The van der Waals surface area contributed by atoms with Crippen molar-refractivity contribution in [1.29, 1.82) is 0 Å². The van der Waals surface area contributed by atoms with Gasteiger partial charge in [-0.05, 0) is 36.4 Å². The van der Waals surface area contributed by atoms with Gasteiger partial charge in [-0.15, -0.1) is 0 Å². The number of hydrogen-bond donors (Lipinski definition) is 1. The van der Waals surface area contributed by atoms with Gasteiger partial charge < -0.3 is 10.2 Å². The molecule has 1 aromatic carbocycles. The molecular weight excluding hydrogens is 253 g/mol. The highest BCUT2D eigenvalue weighted by molar-refractivity contribution is 7.99. The Morgan fingerprint density at radius 1 is 1.39 bits per heavy atom. The van der Waals surface area contributed by atoms with Crippen LogP contribution in [0.4, 0.5) is 4.39 Å². The molecule has 1 aromatic heterocycles. The van der Waals surface area contributed by atoms with E-state index in [1.807, 2.05) is 6.92 Å². The quantitative estimate of drug-likeness (QED) is 0.865. The highest BCUT2D eigenvalue weighted by atomic mass is 32.2. The van der Waals surface area contributed by atoms with Gasteiger partial charge in [-0.1, -0.05) is 18.7 Å². The van der Waals surface area contributed by atoms with E-state index in [9.17, 15) is 9.18 Å². The Bertz CT molecular complexity index is 624. The van der Waals surface area contributed by atoms with Crippen molar-refractivity contribution in [1.82, 2.24) is 0 Å². The summed E-state index contributed by atoms with van der Waals surface area (Å²) in [6.45, 7) is 2.35. The first-order valence-corrected chi connectivity index (χ1v) is 6.73. The topological polar surface area (TPSA) is 56.2 Å². The van der Waals surface area contributed by atoms with Crippen LogP contribution in [0.2, 0.25) is 0 Å². The lowest BCUT2D eigenvalue weighted by Crippen LogP contribution is -2.07. The summed E-state index contributed by atoms with van der Waals surface area (Å²) in [4.78, 5) is 11.9. The summed E-state index contributed by atoms with van der Waals surface area (Å²) in [5, 5.41) is 0.832. The van der Waals surface area contributed by atoms with Crippen molar-refractivity contribution in [2.75, 3.05) is 12.3 Å². The molecule has 2 aromatic rings. The molecule has 18 heavy (non-hydrogen) atoms. The van der Waals surface area contributed by atoms with E-state index in [1.54, 1.807) is 0 Å². The molecule has 0 fully saturated rings. The number of rotatable bonds is 4. The smallest absolute Gasteiger partial charge is 0.193 e. The van der Waals surface area contributed by atoms with Crippen molar-refractivity contribution in [3.05, 3.63) is 39.8 Å². The van der Waals surface area contributed by atoms with Crippen molar-refractivity contribution in [3.8, 4) is 0 Å². The van der Waals surface area contributed by atoms with Crippen molar-refractivity contribution < 1.29 is 8.81 Å². The Hall–Kier alpha value is -1.33. The third kappa shape index (κ3) is 2.57. The van der Waals surface area contributed by atoms with Crippen LogP contribution in [0.15, 0.2) is 32.5 Å². The van der Waals surface area contributed by atoms with Crippen LogP contribution in [0.3, 0.4) is 0 Å². The van der Waals surface area contributed by atoms with Gasteiger partial charge in [0.15, 0.2) is 10.5 Å². The molecule has 0 atom stereocenters. The fraction of sp³-hybridized carbons (Fsp3) is 0.308. The zero-order valence-electron chi connectivity index (χ0n) is 10.0. The second-order valence-corrected chi connectivity index (χ2v) is 5.11. The third-order valence-corrected chi connectivity index (χ3v) is 3.32. The highest BCUT2D eigenvalue weighted by Gasteiger charge is 2.11. The van der Waals surface area contributed by atoms with E-state index in [0.717, 1.165) is 5.75 Å². The van der Waals surface area contributed by atoms with Crippen LogP contribution in [0.5, 0.6) is 0 Å². The molecule has 96 valence electrons. The Morgan fingerprint density at radius 2 is 2.17 bits per heavy atom. The average molecular weight is 267 g/mol. The lowest BCUT2D eigenvalue weighted by Gasteiger charge is -2.06. The van der Waals surface area contributed by atoms with Crippen LogP contribution in [-0.4, -0.2) is 12.3 Å². The second-order valence-electron chi connectivity index (χ2n) is 3.84. The number of nitrogens with two attached hydrogens (primary N) is 1. The Kier molecular flexibility index (Phi) is 4.04. The molecule has 0 aliphatic heterocycles. The van der Waals surface area contributed by atoms with Gasteiger partial charge >= 0.3 is 0 Å². The predicted molar refractivity (Wildman–Crippen MR) is 71.6 cm³/mol. The molecule has 0 saturated carbocycles. The predicted octanol–water partition coefficient (Wildman–Crippen LogP) is 2.55. The first-order chi connectivity index (χ1) is 8.65. The van der Waals surface area contributed by atoms with E-state index in [0.29, 0.717) is 29.2 Å². The number of halogens is 1. The Morgan fingerprint density at radius 3 is 2.83 bits per heavy atom. The third-order valence-electron chi connectivity index (χ3n) is 2.55. The molecule has 0 amide bonds. The summed E-state index contributed by atoms with van der Waals surface area (Å²) >= 11 is 1.44. The molecule has 0 saturated heterocycles. The normalized spacial score (nSPS) is 11.1. The summed E-state index contributed by atoms with van der Waals surface area (Å²) in [6, 6.07) is 3.99. The monoisotopic (exact) mass is 267 g/mol.